The number of nitrogens with one attached hydrogen (secondary N) is 2. The number of alkyl carbamates (subject to hydrolysis) is 1. The fourth-order valence-electron chi connectivity index (χ4n) is 6.07. The van der Waals surface area contributed by atoms with E-state index in [1.54, 1.807) is 48.5 Å². The van der Waals surface area contributed by atoms with Crippen LogP contribution in [0.4, 0.5) is 9.59 Å². The number of nitrogens with zero attached hydrogens (tertiary/aromatic N) is 3. The Morgan fingerprint density at radius 2 is 1.35 bits per heavy atom. The summed E-state index contributed by atoms with van der Waals surface area (Å²) in [5, 5.41) is 5.28. The first-order chi connectivity index (χ1) is 25.2. The van der Waals surface area contributed by atoms with Crippen molar-refractivity contribution in [1.82, 2.24) is 20.4 Å². The molecule has 2 aliphatic rings. The number of likely N-dealkylation sites (tertiary alicyclic amines) is 2. The van der Waals surface area contributed by atoms with E-state index >= 15 is 0 Å². The van der Waals surface area contributed by atoms with Gasteiger partial charge in [-0.15, -0.1) is 4.99 Å². The second-order valence-corrected chi connectivity index (χ2v) is 12.3. The lowest BCUT2D eigenvalue weighted by atomic mass is 9.82. The molecule has 0 radical (unpaired) electrons. The Labute approximate surface area is 301 Å². The number of hydrogen-bond acceptors (Lipinski definition) is 9. The van der Waals surface area contributed by atoms with Crippen molar-refractivity contribution in [2.24, 2.45) is 10.9 Å². The number of imide groups is 1. The molecule has 0 bridgehead atoms. The zero-order valence-corrected chi connectivity index (χ0v) is 28.8. The molecule has 14 nitrogen and oxygen atoms in total. The van der Waals surface area contributed by atoms with Gasteiger partial charge in [0.05, 0.1) is 5.92 Å². The number of esters is 1. The number of ether oxygens (including phenoxy) is 3. The summed E-state index contributed by atoms with van der Waals surface area (Å²) >= 11 is 0. The van der Waals surface area contributed by atoms with Gasteiger partial charge in [0.25, 0.3) is 0 Å². The zero-order chi connectivity index (χ0) is 36.9. The van der Waals surface area contributed by atoms with Crippen molar-refractivity contribution in [2.75, 3.05) is 13.1 Å². The van der Waals surface area contributed by atoms with E-state index in [2.05, 4.69) is 15.6 Å². The van der Waals surface area contributed by atoms with E-state index in [1.807, 2.05) is 42.5 Å². The van der Waals surface area contributed by atoms with E-state index in [0.717, 1.165) is 21.6 Å². The maximum absolute atomic E-state index is 13.8. The fraction of sp³-hybridized carbons (Fsp3) is 0.342. The lowest BCUT2D eigenvalue weighted by Gasteiger charge is -2.46. The van der Waals surface area contributed by atoms with Gasteiger partial charge >= 0.3 is 18.2 Å². The summed E-state index contributed by atoms with van der Waals surface area (Å²) in [6.45, 7) is 1.63. The smallest absolute Gasteiger partial charge is 0.437 e. The largest absolute Gasteiger partial charge is 0.459 e. The Kier molecular flexibility index (Phi) is 13.1. The molecule has 0 aliphatic carbocycles. The van der Waals surface area contributed by atoms with E-state index in [0.29, 0.717) is 19.4 Å². The second-order valence-electron chi connectivity index (χ2n) is 12.3. The normalized spacial score (nSPS) is 18.2. The molecule has 3 aromatic carbocycles. The van der Waals surface area contributed by atoms with Crippen molar-refractivity contribution in [3.63, 3.8) is 0 Å². The molecular formula is C38H41N5O9. The van der Waals surface area contributed by atoms with Crippen LogP contribution < -0.4 is 10.6 Å². The molecule has 3 aromatic rings. The summed E-state index contributed by atoms with van der Waals surface area (Å²) in [7, 11) is 0. The average molecular weight is 712 g/mol. The predicted molar refractivity (Wildman–Crippen MR) is 187 cm³/mol. The molecule has 2 N–H and O–H groups in total. The summed E-state index contributed by atoms with van der Waals surface area (Å²) in [6.07, 6.45) is -0.381. The molecule has 2 heterocycles. The van der Waals surface area contributed by atoms with Gasteiger partial charge in [0.1, 0.15) is 31.9 Å². The number of carbonyl (C=O) groups excluding carboxylic acids is 6. The van der Waals surface area contributed by atoms with Crippen LogP contribution in [0.15, 0.2) is 96.0 Å². The van der Waals surface area contributed by atoms with Crippen molar-refractivity contribution in [3.05, 3.63) is 108 Å². The summed E-state index contributed by atoms with van der Waals surface area (Å²) in [4.78, 5) is 83.7. The maximum Gasteiger partial charge on any atom is 0.437 e. The number of amides is 5. The van der Waals surface area contributed by atoms with Gasteiger partial charge in [0, 0.05) is 20.0 Å². The Balaban J connectivity index is 1.18. The summed E-state index contributed by atoms with van der Waals surface area (Å²) in [5.74, 6) is -3.14. The van der Waals surface area contributed by atoms with E-state index < -0.39 is 53.9 Å². The van der Waals surface area contributed by atoms with Gasteiger partial charge in [-0.1, -0.05) is 91.0 Å². The van der Waals surface area contributed by atoms with E-state index in [9.17, 15) is 28.8 Å². The number of rotatable bonds is 12. The molecule has 14 heteroatoms. The minimum Gasteiger partial charge on any atom is -0.459 e. The van der Waals surface area contributed by atoms with E-state index in [-0.39, 0.29) is 45.2 Å². The van der Waals surface area contributed by atoms with Crippen LogP contribution in [0.25, 0.3) is 0 Å². The first kappa shape index (κ1) is 37.2. The summed E-state index contributed by atoms with van der Waals surface area (Å²) < 4.78 is 16.0. The van der Waals surface area contributed by atoms with Gasteiger partial charge in [-0.3, -0.25) is 24.6 Å². The second kappa shape index (κ2) is 18.3. The topological polar surface area (TPSA) is 173 Å². The molecule has 0 spiro atoms. The van der Waals surface area contributed by atoms with Crippen molar-refractivity contribution in [2.45, 2.75) is 64.5 Å². The van der Waals surface area contributed by atoms with Crippen molar-refractivity contribution in [1.29, 1.82) is 0 Å². The van der Waals surface area contributed by atoms with E-state index in [1.165, 1.54) is 11.8 Å². The van der Waals surface area contributed by atoms with Crippen molar-refractivity contribution >= 4 is 41.8 Å². The van der Waals surface area contributed by atoms with Crippen LogP contribution in [0.1, 0.15) is 49.3 Å². The molecule has 2 aliphatic heterocycles. The van der Waals surface area contributed by atoms with Gasteiger partial charge in [0.15, 0.2) is 0 Å². The molecule has 0 aromatic heterocycles. The zero-order valence-electron chi connectivity index (χ0n) is 28.8. The van der Waals surface area contributed by atoms with Crippen LogP contribution >= 0.6 is 0 Å². The molecule has 1 unspecified atom stereocenters. The molecule has 5 amide bonds. The van der Waals surface area contributed by atoms with Crippen LogP contribution in [0.2, 0.25) is 0 Å². The molecule has 52 heavy (non-hydrogen) atoms. The van der Waals surface area contributed by atoms with Crippen LogP contribution in [-0.2, 0) is 53.2 Å². The Bertz CT molecular complexity index is 1750. The van der Waals surface area contributed by atoms with Gasteiger partial charge in [-0.2, -0.15) is 0 Å². The van der Waals surface area contributed by atoms with Crippen molar-refractivity contribution in [3.8, 4) is 0 Å². The first-order valence-corrected chi connectivity index (χ1v) is 17.1. The highest BCUT2D eigenvalue weighted by molar-refractivity contribution is 6.09. The Morgan fingerprint density at radius 3 is 1.92 bits per heavy atom. The molecule has 0 saturated carbocycles. The minimum absolute atomic E-state index is 0.0209. The third kappa shape index (κ3) is 10.0. The SMILES string of the molecule is CC(=O)N1C(=O)[C@H](CCCNC(=NC(=O)OCc2ccccc2)NC(=O)OCc2ccccc2)[C@H]1C(=O)N1CCCC1C(=O)OCc1ccccc1. The van der Waals surface area contributed by atoms with Gasteiger partial charge < -0.3 is 24.4 Å². The minimum atomic E-state index is -1.07. The molecule has 2 saturated heterocycles. The Morgan fingerprint density at radius 1 is 0.788 bits per heavy atom. The number of hydrogen-bond donors (Lipinski definition) is 2. The third-order valence-electron chi connectivity index (χ3n) is 8.66. The average Bonchev–Trinajstić information content (AvgIpc) is 3.65. The monoisotopic (exact) mass is 711 g/mol. The van der Waals surface area contributed by atoms with Crippen LogP contribution in [-0.4, -0.2) is 76.8 Å². The Hall–Kier alpha value is -6.05. The summed E-state index contributed by atoms with van der Waals surface area (Å²) in [5.41, 5.74) is 2.31. The standard InChI is InChI=1S/C38H41N5O9/c1-26(44)43-32(34(46)42-22-12-20-31(42)35(47)50-23-27-13-5-2-6-14-27)30(33(43)45)19-11-21-39-36(40-37(48)51-24-28-15-7-3-8-16-28)41-38(49)52-25-29-17-9-4-10-18-29/h2-10,13-18,30-32H,11-12,19-25H2,1H3,(H2,39,40,41,48,49)/t30-,31?,32+/m1/s1. The molecule has 272 valence electrons. The lowest BCUT2D eigenvalue weighted by Crippen LogP contribution is -2.68. The molecule has 3 atom stereocenters. The number of carbonyl (C=O) groups is 6. The molecule has 5 rings (SSSR count). The third-order valence-corrected chi connectivity index (χ3v) is 8.66. The molecule has 2 fully saturated rings. The van der Waals surface area contributed by atoms with Crippen LogP contribution in [0.3, 0.4) is 0 Å². The van der Waals surface area contributed by atoms with Gasteiger partial charge in [-0.05, 0) is 42.4 Å². The quantitative estimate of drug-likeness (QED) is 0.0696. The number of aliphatic imine (C=N–C) groups is 1. The van der Waals surface area contributed by atoms with Crippen molar-refractivity contribution < 1.29 is 43.0 Å². The van der Waals surface area contributed by atoms with Gasteiger partial charge in [0.2, 0.25) is 23.7 Å². The number of benzene rings is 3. The maximum atomic E-state index is 13.8. The fourth-order valence-corrected chi connectivity index (χ4v) is 6.07. The number of guanidine groups is 1. The lowest BCUT2D eigenvalue weighted by molar-refractivity contribution is -0.175. The van der Waals surface area contributed by atoms with Crippen LogP contribution in [0.5, 0.6) is 0 Å². The highest BCUT2D eigenvalue weighted by Gasteiger charge is 2.55. The van der Waals surface area contributed by atoms with Gasteiger partial charge in [-0.25, -0.2) is 14.4 Å². The number of β-lactam (4-membered cyclic amide) rings is 1. The molecular weight excluding hydrogens is 670 g/mol. The van der Waals surface area contributed by atoms with Crippen LogP contribution in [0, 0.1) is 5.92 Å². The van der Waals surface area contributed by atoms with E-state index in [4.69, 9.17) is 14.2 Å². The predicted octanol–water partition coefficient (Wildman–Crippen LogP) is 4.08. The highest BCUT2D eigenvalue weighted by atomic mass is 16.6. The summed E-state index contributed by atoms with van der Waals surface area (Å²) in [6, 6.07) is 25.3. The first-order valence-electron chi connectivity index (χ1n) is 17.1. The highest BCUT2D eigenvalue weighted by Crippen LogP contribution is 2.34.